The number of para-hydroxylation sites is 1. The first-order valence-electron chi connectivity index (χ1n) is 9.34. The highest BCUT2D eigenvalue weighted by Crippen LogP contribution is 2.22. The Morgan fingerprint density at radius 3 is 2.14 bits per heavy atom. The summed E-state index contributed by atoms with van der Waals surface area (Å²) in [5.41, 5.74) is 3.35. The number of hydrogen-bond acceptors (Lipinski definition) is 3. The third kappa shape index (κ3) is 5.53. The molecule has 3 rings (SSSR count). The van der Waals surface area contributed by atoms with Crippen molar-refractivity contribution < 1.29 is 13.2 Å². The molecule has 2 N–H and O–H groups in total. The third-order valence-corrected chi connectivity index (χ3v) is 6.13. The van der Waals surface area contributed by atoms with Crippen LogP contribution < -0.4 is 10.0 Å². The van der Waals surface area contributed by atoms with Gasteiger partial charge in [0.2, 0.25) is 15.9 Å². The quantitative estimate of drug-likeness (QED) is 0.610. The van der Waals surface area contributed by atoms with Gasteiger partial charge in [0.1, 0.15) is 0 Å². The van der Waals surface area contributed by atoms with Crippen molar-refractivity contribution in [2.45, 2.75) is 31.2 Å². The third-order valence-electron chi connectivity index (χ3n) is 4.64. The first-order chi connectivity index (χ1) is 13.8. The van der Waals surface area contributed by atoms with Crippen molar-refractivity contribution in [3.8, 4) is 0 Å². The number of anilines is 1. The standard InChI is InChI=1S/C23H24N2O3S/c1-17-12-14-20(15-13-17)29(27,28)25-22(19-9-4-3-5-10-19)16-23(26)24-21-11-7-6-8-18(21)2/h3-15,22,25H,16H2,1-2H3,(H,24,26)/t22-/m1/s1. The van der Waals surface area contributed by atoms with E-state index in [2.05, 4.69) is 10.0 Å². The van der Waals surface area contributed by atoms with Crippen molar-refractivity contribution in [3.63, 3.8) is 0 Å². The van der Waals surface area contributed by atoms with Crippen LogP contribution in [0.1, 0.15) is 29.2 Å². The summed E-state index contributed by atoms with van der Waals surface area (Å²) in [4.78, 5) is 12.8. The lowest BCUT2D eigenvalue weighted by Gasteiger charge is -2.19. The maximum absolute atomic E-state index is 12.9. The summed E-state index contributed by atoms with van der Waals surface area (Å²) < 4.78 is 28.4. The molecule has 0 aliphatic heterocycles. The van der Waals surface area contributed by atoms with Crippen molar-refractivity contribution >= 4 is 21.6 Å². The minimum absolute atomic E-state index is 0.0244. The molecule has 0 radical (unpaired) electrons. The normalized spacial score (nSPS) is 12.3. The van der Waals surface area contributed by atoms with Gasteiger partial charge in [-0.2, -0.15) is 0 Å². The monoisotopic (exact) mass is 408 g/mol. The number of amides is 1. The van der Waals surface area contributed by atoms with Gasteiger partial charge in [-0.15, -0.1) is 0 Å². The molecule has 1 amide bonds. The molecule has 0 aliphatic carbocycles. The molecule has 29 heavy (non-hydrogen) atoms. The summed E-state index contributed by atoms with van der Waals surface area (Å²) in [6, 6.07) is 22.5. The van der Waals surface area contributed by atoms with E-state index in [-0.39, 0.29) is 17.2 Å². The molecule has 1 atom stereocenters. The van der Waals surface area contributed by atoms with Crippen LogP contribution in [0.3, 0.4) is 0 Å². The Hall–Kier alpha value is -2.96. The molecule has 5 nitrogen and oxygen atoms in total. The van der Waals surface area contributed by atoms with Crippen LogP contribution in [-0.2, 0) is 14.8 Å². The summed E-state index contributed by atoms with van der Waals surface area (Å²) in [7, 11) is -3.78. The van der Waals surface area contributed by atoms with Crippen LogP contribution in [0.2, 0.25) is 0 Å². The molecular formula is C23H24N2O3S. The van der Waals surface area contributed by atoms with E-state index >= 15 is 0 Å². The molecule has 0 heterocycles. The number of carbonyl (C=O) groups is 1. The van der Waals surface area contributed by atoms with Crippen molar-refractivity contribution in [2.24, 2.45) is 0 Å². The van der Waals surface area contributed by atoms with Gasteiger partial charge in [0.15, 0.2) is 0 Å². The van der Waals surface area contributed by atoms with Gasteiger partial charge in [-0.05, 0) is 43.2 Å². The second kappa shape index (κ2) is 9.03. The zero-order valence-corrected chi connectivity index (χ0v) is 17.2. The summed E-state index contributed by atoms with van der Waals surface area (Å²) in [5, 5.41) is 2.87. The van der Waals surface area contributed by atoms with E-state index in [0.717, 1.165) is 16.7 Å². The van der Waals surface area contributed by atoms with Crippen LogP contribution in [0.15, 0.2) is 83.8 Å². The number of aryl methyl sites for hydroxylation is 2. The highest BCUT2D eigenvalue weighted by atomic mass is 32.2. The predicted molar refractivity (Wildman–Crippen MR) is 115 cm³/mol. The molecule has 0 fully saturated rings. The first-order valence-corrected chi connectivity index (χ1v) is 10.8. The smallest absolute Gasteiger partial charge is 0.241 e. The first kappa shape index (κ1) is 20.8. The molecule has 150 valence electrons. The average Bonchev–Trinajstić information content (AvgIpc) is 2.70. The molecule has 3 aromatic rings. The molecule has 0 aliphatic rings. The van der Waals surface area contributed by atoms with E-state index in [1.165, 1.54) is 0 Å². The summed E-state index contributed by atoms with van der Waals surface area (Å²) in [5.74, 6) is -0.264. The number of benzene rings is 3. The fourth-order valence-electron chi connectivity index (χ4n) is 2.99. The Labute approximate surface area is 171 Å². The van der Waals surface area contributed by atoms with E-state index in [1.807, 2.05) is 68.4 Å². The summed E-state index contributed by atoms with van der Waals surface area (Å²) >= 11 is 0. The molecule has 6 heteroatoms. The lowest BCUT2D eigenvalue weighted by atomic mass is 10.0. The van der Waals surface area contributed by atoms with E-state index in [4.69, 9.17) is 0 Å². The second-order valence-electron chi connectivity index (χ2n) is 6.96. The summed E-state index contributed by atoms with van der Waals surface area (Å²) in [6.45, 7) is 3.80. The Kier molecular flexibility index (Phi) is 6.46. The van der Waals surface area contributed by atoms with Gasteiger partial charge in [-0.25, -0.2) is 13.1 Å². The van der Waals surface area contributed by atoms with Crippen molar-refractivity contribution in [3.05, 3.63) is 95.6 Å². The van der Waals surface area contributed by atoms with Gasteiger partial charge < -0.3 is 5.32 Å². The van der Waals surface area contributed by atoms with E-state index in [0.29, 0.717) is 5.69 Å². The van der Waals surface area contributed by atoms with Gasteiger partial charge in [-0.3, -0.25) is 4.79 Å². The number of nitrogens with one attached hydrogen (secondary N) is 2. The lowest BCUT2D eigenvalue weighted by molar-refractivity contribution is -0.116. The Bertz CT molecular complexity index is 1080. The Morgan fingerprint density at radius 2 is 1.48 bits per heavy atom. The number of sulfonamides is 1. The topological polar surface area (TPSA) is 75.3 Å². The molecule has 0 saturated carbocycles. The zero-order chi connectivity index (χ0) is 20.9. The van der Waals surface area contributed by atoms with Crippen molar-refractivity contribution in [1.82, 2.24) is 4.72 Å². The maximum atomic E-state index is 12.9. The SMILES string of the molecule is Cc1ccc(S(=O)(=O)N[C@H](CC(=O)Nc2ccccc2C)c2ccccc2)cc1. The Morgan fingerprint density at radius 1 is 0.862 bits per heavy atom. The molecular weight excluding hydrogens is 384 g/mol. The minimum atomic E-state index is -3.78. The van der Waals surface area contributed by atoms with Crippen LogP contribution in [0.25, 0.3) is 0 Å². The average molecular weight is 409 g/mol. The second-order valence-corrected chi connectivity index (χ2v) is 8.68. The highest BCUT2D eigenvalue weighted by molar-refractivity contribution is 7.89. The molecule has 0 saturated heterocycles. The molecule has 3 aromatic carbocycles. The fraction of sp³-hybridized carbons (Fsp3) is 0.174. The van der Waals surface area contributed by atoms with Gasteiger partial charge in [0, 0.05) is 12.1 Å². The predicted octanol–water partition coefficient (Wildman–Crippen LogP) is 4.35. The van der Waals surface area contributed by atoms with Crippen molar-refractivity contribution in [1.29, 1.82) is 0 Å². The van der Waals surface area contributed by atoms with Gasteiger partial charge in [0.25, 0.3) is 0 Å². The molecule has 0 unspecified atom stereocenters. The van der Waals surface area contributed by atoms with E-state index < -0.39 is 16.1 Å². The van der Waals surface area contributed by atoms with E-state index in [1.54, 1.807) is 24.3 Å². The van der Waals surface area contributed by atoms with Crippen LogP contribution >= 0.6 is 0 Å². The number of hydrogen-bond donors (Lipinski definition) is 2. The molecule has 0 bridgehead atoms. The van der Waals surface area contributed by atoms with Crippen LogP contribution in [0, 0.1) is 13.8 Å². The van der Waals surface area contributed by atoms with Gasteiger partial charge >= 0.3 is 0 Å². The minimum Gasteiger partial charge on any atom is -0.326 e. The van der Waals surface area contributed by atoms with Crippen molar-refractivity contribution in [2.75, 3.05) is 5.32 Å². The Balaban J connectivity index is 1.82. The highest BCUT2D eigenvalue weighted by Gasteiger charge is 2.24. The van der Waals surface area contributed by atoms with Gasteiger partial charge in [-0.1, -0.05) is 66.2 Å². The zero-order valence-electron chi connectivity index (χ0n) is 16.4. The van der Waals surface area contributed by atoms with Crippen LogP contribution in [0.5, 0.6) is 0 Å². The fourth-order valence-corrected chi connectivity index (χ4v) is 4.21. The van der Waals surface area contributed by atoms with E-state index in [9.17, 15) is 13.2 Å². The molecule has 0 spiro atoms. The van der Waals surface area contributed by atoms with Crippen LogP contribution in [0.4, 0.5) is 5.69 Å². The maximum Gasteiger partial charge on any atom is 0.241 e. The molecule has 0 aromatic heterocycles. The van der Waals surface area contributed by atoms with Gasteiger partial charge in [0.05, 0.1) is 10.9 Å². The largest absolute Gasteiger partial charge is 0.326 e. The summed E-state index contributed by atoms with van der Waals surface area (Å²) in [6.07, 6.45) is -0.0244. The van der Waals surface area contributed by atoms with Crippen LogP contribution in [-0.4, -0.2) is 14.3 Å². The number of rotatable bonds is 7. The lowest BCUT2D eigenvalue weighted by Crippen LogP contribution is -2.31. The number of carbonyl (C=O) groups excluding carboxylic acids is 1.